The molecule has 0 aromatic carbocycles. The molecular formula is C12H18O4. The Morgan fingerprint density at radius 3 is 2.69 bits per heavy atom. The monoisotopic (exact) mass is 226 g/mol. The van der Waals surface area contributed by atoms with Crippen molar-refractivity contribution in [3.63, 3.8) is 0 Å². The average Bonchev–Trinajstić information content (AvgIpc) is 2.82. The summed E-state index contributed by atoms with van der Waals surface area (Å²) in [6.07, 6.45) is 4.46. The predicted molar refractivity (Wildman–Crippen MR) is 56.9 cm³/mol. The van der Waals surface area contributed by atoms with E-state index in [4.69, 9.17) is 9.47 Å². The van der Waals surface area contributed by atoms with E-state index in [1.54, 1.807) is 6.92 Å². The normalized spacial score (nSPS) is 34.4. The third-order valence-corrected chi connectivity index (χ3v) is 3.36. The topological polar surface area (TPSA) is 52.6 Å². The molecule has 0 aliphatic carbocycles. The Balaban J connectivity index is 1.73. The molecule has 4 nitrogen and oxygen atoms in total. The number of hydrogen-bond donors (Lipinski definition) is 0. The van der Waals surface area contributed by atoms with Gasteiger partial charge in [0.2, 0.25) is 0 Å². The van der Waals surface area contributed by atoms with Gasteiger partial charge in [0.15, 0.2) is 11.9 Å². The van der Waals surface area contributed by atoms with Gasteiger partial charge in [0, 0.05) is 6.61 Å². The molecule has 2 aliphatic rings. The van der Waals surface area contributed by atoms with Gasteiger partial charge < -0.3 is 9.47 Å². The van der Waals surface area contributed by atoms with Gasteiger partial charge in [-0.2, -0.15) is 0 Å². The zero-order valence-electron chi connectivity index (χ0n) is 9.61. The van der Waals surface area contributed by atoms with Crippen molar-refractivity contribution in [2.45, 2.75) is 51.2 Å². The Morgan fingerprint density at radius 2 is 2.12 bits per heavy atom. The molecule has 2 rings (SSSR count). The second kappa shape index (κ2) is 4.95. The molecule has 0 radical (unpaired) electrons. The first-order valence-corrected chi connectivity index (χ1v) is 6.04. The molecular weight excluding hydrogens is 208 g/mol. The van der Waals surface area contributed by atoms with Crippen molar-refractivity contribution in [3.8, 4) is 0 Å². The van der Waals surface area contributed by atoms with Gasteiger partial charge in [-0.15, -0.1) is 0 Å². The number of Topliss-reactive ketones (excluding diaryl/α,β-unsaturated/α-hetero) is 1. The number of rotatable bonds is 4. The molecule has 0 saturated carbocycles. The molecule has 0 amide bonds. The molecule has 2 heterocycles. The minimum absolute atomic E-state index is 0.0580. The van der Waals surface area contributed by atoms with Crippen LogP contribution in [0, 0.1) is 5.92 Å². The zero-order valence-corrected chi connectivity index (χ0v) is 9.61. The van der Waals surface area contributed by atoms with Crippen molar-refractivity contribution >= 4 is 11.8 Å². The van der Waals surface area contributed by atoms with E-state index in [9.17, 15) is 9.59 Å². The van der Waals surface area contributed by atoms with E-state index < -0.39 is 12.0 Å². The van der Waals surface area contributed by atoms with Gasteiger partial charge in [0.25, 0.3) is 0 Å². The van der Waals surface area contributed by atoms with Gasteiger partial charge >= 0.3 is 5.97 Å². The quantitative estimate of drug-likeness (QED) is 0.538. The molecule has 0 spiro atoms. The highest BCUT2D eigenvalue weighted by molar-refractivity contribution is 6.06. The van der Waals surface area contributed by atoms with Gasteiger partial charge in [0.1, 0.15) is 5.92 Å². The Bertz CT molecular complexity index is 281. The second-order valence-corrected chi connectivity index (χ2v) is 4.60. The van der Waals surface area contributed by atoms with E-state index in [1.165, 1.54) is 0 Å². The highest BCUT2D eigenvalue weighted by Gasteiger charge is 2.40. The fraction of sp³-hybridized carbons (Fsp3) is 0.833. The Morgan fingerprint density at radius 1 is 1.31 bits per heavy atom. The first-order chi connectivity index (χ1) is 7.68. The van der Waals surface area contributed by atoms with Crippen LogP contribution in [0.3, 0.4) is 0 Å². The summed E-state index contributed by atoms with van der Waals surface area (Å²) in [5, 5.41) is 0. The summed E-state index contributed by atoms with van der Waals surface area (Å²) in [7, 11) is 0. The molecule has 16 heavy (non-hydrogen) atoms. The summed E-state index contributed by atoms with van der Waals surface area (Å²) in [4.78, 5) is 22.9. The van der Waals surface area contributed by atoms with E-state index in [2.05, 4.69) is 0 Å². The van der Waals surface area contributed by atoms with Crippen molar-refractivity contribution in [2.75, 3.05) is 6.61 Å². The van der Waals surface area contributed by atoms with Crippen molar-refractivity contribution < 1.29 is 19.1 Å². The van der Waals surface area contributed by atoms with E-state index in [0.29, 0.717) is 12.5 Å². The standard InChI is InChI=1S/C12H18O4/c1-8-11(13)10(12(14)16-8)6-2-4-9-5-3-7-15-9/h8-10H,2-7H2,1H3. The maximum absolute atomic E-state index is 11.6. The molecule has 90 valence electrons. The van der Waals surface area contributed by atoms with E-state index in [1.807, 2.05) is 0 Å². The third-order valence-electron chi connectivity index (χ3n) is 3.36. The maximum Gasteiger partial charge on any atom is 0.317 e. The summed E-state index contributed by atoms with van der Waals surface area (Å²) in [5.41, 5.74) is 0. The summed E-state index contributed by atoms with van der Waals surface area (Å²) >= 11 is 0. The number of carbonyl (C=O) groups excluding carboxylic acids is 2. The van der Waals surface area contributed by atoms with Gasteiger partial charge in [-0.1, -0.05) is 0 Å². The van der Waals surface area contributed by atoms with Crippen LogP contribution >= 0.6 is 0 Å². The minimum atomic E-state index is -0.541. The molecule has 4 heteroatoms. The summed E-state index contributed by atoms with van der Waals surface area (Å²) < 4.78 is 10.4. The lowest BCUT2D eigenvalue weighted by molar-refractivity contribution is -0.144. The van der Waals surface area contributed by atoms with Crippen LogP contribution in [-0.2, 0) is 19.1 Å². The van der Waals surface area contributed by atoms with Crippen LogP contribution in [0.25, 0.3) is 0 Å². The number of cyclic esters (lactones) is 1. The van der Waals surface area contributed by atoms with Crippen molar-refractivity contribution in [3.05, 3.63) is 0 Å². The molecule has 3 atom stereocenters. The first-order valence-electron chi connectivity index (χ1n) is 6.04. The average molecular weight is 226 g/mol. The van der Waals surface area contributed by atoms with Crippen LogP contribution in [0.4, 0.5) is 0 Å². The van der Waals surface area contributed by atoms with Gasteiger partial charge in [-0.3, -0.25) is 9.59 Å². The van der Waals surface area contributed by atoms with E-state index >= 15 is 0 Å². The van der Waals surface area contributed by atoms with Crippen LogP contribution in [0.5, 0.6) is 0 Å². The Labute approximate surface area is 95.3 Å². The van der Waals surface area contributed by atoms with E-state index in [-0.39, 0.29) is 11.8 Å². The van der Waals surface area contributed by atoms with Crippen molar-refractivity contribution in [1.29, 1.82) is 0 Å². The highest BCUT2D eigenvalue weighted by Crippen LogP contribution is 2.24. The smallest absolute Gasteiger partial charge is 0.317 e. The predicted octanol–water partition coefficient (Wildman–Crippen LogP) is 1.47. The zero-order chi connectivity index (χ0) is 11.5. The third kappa shape index (κ3) is 2.43. The lowest BCUT2D eigenvalue weighted by Gasteiger charge is -2.09. The molecule has 0 aromatic rings. The van der Waals surface area contributed by atoms with Crippen molar-refractivity contribution in [1.82, 2.24) is 0 Å². The molecule has 2 saturated heterocycles. The van der Waals surface area contributed by atoms with E-state index in [0.717, 1.165) is 32.3 Å². The molecule has 2 aliphatic heterocycles. The number of carbonyl (C=O) groups is 2. The Kier molecular flexibility index (Phi) is 3.59. The summed E-state index contributed by atoms with van der Waals surface area (Å²) in [6, 6.07) is 0. The fourth-order valence-corrected chi connectivity index (χ4v) is 2.40. The van der Waals surface area contributed by atoms with Crippen LogP contribution in [-0.4, -0.2) is 30.6 Å². The first kappa shape index (κ1) is 11.6. The van der Waals surface area contributed by atoms with Gasteiger partial charge in [-0.25, -0.2) is 0 Å². The van der Waals surface area contributed by atoms with Crippen LogP contribution in [0.1, 0.15) is 39.0 Å². The number of ether oxygens (including phenoxy) is 2. The molecule has 0 aromatic heterocycles. The lowest BCUT2D eigenvalue weighted by atomic mass is 9.96. The fourth-order valence-electron chi connectivity index (χ4n) is 2.40. The molecule has 3 unspecified atom stereocenters. The number of hydrogen-bond acceptors (Lipinski definition) is 4. The minimum Gasteiger partial charge on any atom is -0.454 e. The summed E-state index contributed by atoms with van der Waals surface area (Å²) in [5.74, 6) is -0.918. The second-order valence-electron chi connectivity index (χ2n) is 4.60. The largest absolute Gasteiger partial charge is 0.454 e. The molecule has 0 bridgehead atoms. The van der Waals surface area contributed by atoms with Gasteiger partial charge in [0.05, 0.1) is 6.10 Å². The van der Waals surface area contributed by atoms with Crippen LogP contribution in [0.15, 0.2) is 0 Å². The highest BCUT2D eigenvalue weighted by atomic mass is 16.6. The lowest BCUT2D eigenvalue weighted by Crippen LogP contribution is -2.18. The number of ketones is 1. The van der Waals surface area contributed by atoms with Crippen LogP contribution in [0.2, 0.25) is 0 Å². The van der Waals surface area contributed by atoms with Gasteiger partial charge in [-0.05, 0) is 39.0 Å². The maximum atomic E-state index is 11.6. The summed E-state index contributed by atoms with van der Waals surface area (Å²) in [6.45, 7) is 2.49. The SMILES string of the molecule is CC1OC(=O)C(CCCC2CCCO2)C1=O. The molecule has 2 fully saturated rings. The number of esters is 1. The van der Waals surface area contributed by atoms with Crippen LogP contribution < -0.4 is 0 Å². The Hall–Kier alpha value is -0.900. The molecule has 0 N–H and O–H groups in total. The van der Waals surface area contributed by atoms with Crippen molar-refractivity contribution in [2.24, 2.45) is 5.92 Å².